The molecule has 3 aromatic rings. The molecule has 0 radical (unpaired) electrons. The van der Waals surface area contributed by atoms with Gasteiger partial charge in [-0.05, 0) is 35.9 Å². The summed E-state index contributed by atoms with van der Waals surface area (Å²) in [4.78, 5) is 0. The van der Waals surface area contributed by atoms with Gasteiger partial charge < -0.3 is 5.73 Å². The summed E-state index contributed by atoms with van der Waals surface area (Å²) in [5, 5.41) is 4.61. The van der Waals surface area contributed by atoms with Crippen LogP contribution in [0.2, 0.25) is 5.02 Å². The Bertz CT molecular complexity index is 755. The van der Waals surface area contributed by atoms with Crippen molar-refractivity contribution in [2.24, 2.45) is 5.73 Å². The first-order chi connectivity index (χ1) is 10.2. The molecule has 0 amide bonds. The van der Waals surface area contributed by atoms with Gasteiger partial charge >= 0.3 is 0 Å². The van der Waals surface area contributed by atoms with Crippen molar-refractivity contribution >= 4 is 11.6 Å². The lowest BCUT2D eigenvalue weighted by atomic mass is 10.0. The molecule has 1 heterocycles. The summed E-state index contributed by atoms with van der Waals surface area (Å²) in [6, 6.07) is 15.2. The number of para-hydroxylation sites is 1. The van der Waals surface area contributed by atoms with Crippen molar-refractivity contribution < 1.29 is 4.39 Å². The number of rotatable bonds is 3. The molecule has 1 atom stereocenters. The van der Waals surface area contributed by atoms with Crippen molar-refractivity contribution in [1.82, 2.24) is 9.78 Å². The highest BCUT2D eigenvalue weighted by molar-refractivity contribution is 6.31. The molecule has 0 fully saturated rings. The number of halogens is 2. The smallest absolute Gasteiger partial charge is 0.124 e. The average molecular weight is 302 g/mol. The molecule has 0 bridgehead atoms. The van der Waals surface area contributed by atoms with Gasteiger partial charge in [-0.25, -0.2) is 9.07 Å². The summed E-state index contributed by atoms with van der Waals surface area (Å²) in [5.74, 6) is -0.382. The minimum absolute atomic E-state index is 0.309. The third kappa shape index (κ3) is 2.68. The molecule has 21 heavy (non-hydrogen) atoms. The van der Waals surface area contributed by atoms with E-state index in [0.717, 1.165) is 11.4 Å². The summed E-state index contributed by atoms with van der Waals surface area (Å²) in [7, 11) is 0. The molecule has 0 saturated carbocycles. The van der Waals surface area contributed by atoms with Crippen LogP contribution in [0.3, 0.4) is 0 Å². The zero-order valence-electron chi connectivity index (χ0n) is 11.1. The molecule has 1 aromatic heterocycles. The normalized spacial score (nSPS) is 12.3. The Hall–Kier alpha value is -2.17. The van der Waals surface area contributed by atoms with E-state index in [-0.39, 0.29) is 5.82 Å². The maximum absolute atomic E-state index is 13.2. The van der Waals surface area contributed by atoms with Crippen LogP contribution in [0.5, 0.6) is 0 Å². The zero-order valence-corrected chi connectivity index (χ0v) is 11.8. The number of nitrogens with zero attached hydrogens (tertiary/aromatic N) is 2. The summed E-state index contributed by atoms with van der Waals surface area (Å²) < 4.78 is 14.9. The van der Waals surface area contributed by atoms with Gasteiger partial charge in [-0.1, -0.05) is 35.9 Å². The first-order valence-corrected chi connectivity index (χ1v) is 6.84. The van der Waals surface area contributed by atoms with E-state index in [1.165, 1.54) is 12.1 Å². The lowest BCUT2D eigenvalue weighted by Gasteiger charge is -2.16. The van der Waals surface area contributed by atoms with Crippen molar-refractivity contribution in [1.29, 1.82) is 0 Å². The highest BCUT2D eigenvalue weighted by Crippen LogP contribution is 2.28. The van der Waals surface area contributed by atoms with Crippen LogP contribution in [0.15, 0.2) is 60.8 Å². The van der Waals surface area contributed by atoms with Crippen molar-refractivity contribution in [3.8, 4) is 5.69 Å². The Morgan fingerprint density at radius 1 is 1.10 bits per heavy atom. The molecule has 5 heteroatoms. The molecule has 0 aliphatic carbocycles. The number of aromatic nitrogens is 2. The Kier molecular flexibility index (Phi) is 3.73. The van der Waals surface area contributed by atoms with E-state index >= 15 is 0 Å². The molecule has 0 saturated heterocycles. The Morgan fingerprint density at radius 3 is 2.57 bits per heavy atom. The first kappa shape index (κ1) is 13.8. The predicted molar refractivity (Wildman–Crippen MR) is 81.0 cm³/mol. The van der Waals surface area contributed by atoms with Crippen LogP contribution < -0.4 is 5.73 Å². The fourth-order valence-corrected chi connectivity index (χ4v) is 2.53. The number of nitrogens with two attached hydrogens (primary N) is 1. The largest absolute Gasteiger partial charge is 0.319 e. The molecular weight excluding hydrogens is 289 g/mol. The van der Waals surface area contributed by atoms with Gasteiger partial charge in [0.25, 0.3) is 0 Å². The maximum atomic E-state index is 13.2. The van der Waals surface area contributed by atoms with Gasteiger partial charge in [0.1, 0.15) is 5.82 Å². The third-order valence-electron chi connectivity index (χ3n) is 3.29. The maximum Gasteiger partial charge on any atom is 0.124 e. The number of hydrogen-bond donors (Lipinski definition) is 1. The zero-order chi connectivity index (χ0) is 14.8. The van der Waals surface area contributed by atoms with Gasteiger partial charge in [-0.2, -0.15) is 5.10 Å². The highest BCUT2D eigenvalue weighted by Gasteiger charge is 2.17. The van der Waals surface area contributed by atoms with Crippen LogP contribution >= 0.6 is 11.6 Å². The van der Waals surface area contributed by atoms with Crippen LogP contribution in [0.1, 0.15) is 17.3 Å². The molecule has 0 aliphatic heterocycles. The fraction of sp³-hybridized carbons (Fsp3) is 0.0625. The second-order valence-electron chi connectivity index (χ2n) is 4.65. The number of hydrogen-bond acceptors (Lipinski definition) is 2. The Morgan fingerprint density at radius 2 is 1.86 bits per heavy atom. The average Bonchev–Trinajstić information content (AvgIpc) is 2.97. The van der Waals surface area contributed by atoms with E-state index in [1.54, 1.807) is 16.9 Å². The molecule has 0 spiro atoms. The van der Waals surface area contributed by atoms with E-state index in [4.69, 9.17) is 17.3 Å². The molecule has 0 aliphatic rings. The van der Waals surface area contributed by atoms with E-state index in [0.29, 0.717) is 10.6 Å². The molecule has 2 aromatic carbocycles. The van der Waals surface area contributed by atoms with E-state index in [9.17, 15) is 4.39 Å². The van der Waals surface area contributed by atoms with Crippen LogP contribution in [0.25, 0.3) is 5.69 Å². The minimum atomic E-state index is -0.485. The molecule has 2 N–H and O–H groups in total. The molecule has 106 valence electrons. The standard InChI is InChI=1S/C16H13ClFN3/c17-14-10-11(18)6-7-13(14)16(19)15-8-9-20-21(15)12-4-2-1-3-5-12/h1-10,16H,19H2. The summed E-state index contributed by atoms with van der Waals surface area (Å²) in [6.07, 6.45) is 1.68. The summed E-state index contributed by atoms with van der Waals surface area (Å²) >= 11 is 6.09. The van der Waals surface area contributed by atoms with E-state index in [2.05, 4.69) is 5.10 Å². The number of benzene rings is 2. The summed E-state index contributed by atoms with van der Waals surface area (Å²) in [5.41, 5.74) is 8.64. The van der Waals surface area contributed by atoms with Crippen LogP contribution in [0.4, 0.5) is 4.39 Å². The van der Waals surface area contributed by atoms with Crippen LogP contribution in [-0.2, 0) is 0 Å². The minimum Gasteiger partial charge on any atom is -0.319 e. The lowest BCUT2D eigenvalue weighted by Crippen LogP contribution is -2.17. The van der Waals surface area contributed by atoms with E-state index in [1.807, 2.05) is 36.4 Å². The van der Waals surface area contributed by atoms with Gasteiger partial charge in [0, 0.05) is 11.2 Å². The lowest BCUT2D eigenvalue weighted by molar-refractivity contribution is 0.626. The SMILES string of the molecule is NC(c1ccc(F)cc1Cl)c1ccnn1-c1ccccc1. The van der Waals surface area contributed by atoms with Crippen molar-refractivity contribution in [2.45, 2.75) is 6.04 Å². The Labute approximate surface area is 126 Å². The molecule has 1 unspecified atom stereocenters. The first-order valence-electron chi connectivity index (χ1n) is 6.46. The van der Waals surface area contributed by atoms with Crippen molar-refractivity contribution in [3.05, 3.63) is 82.9 Å². The van der Waals surface area contributed by atoms with Crippen molar-refractivity contribution in [2.75, 3.05) is 0 Å². The molecular formula is C16H13ClFN3. The monoisotopic (exact) mass is 301 g/mol. The van der Waals surface area contributed by atoms with E-state index < -0.39 is 6.04 Å². The van der Waals surface area contributed by atoms with Gasteiger partial charge in [-0.3, -0.25) is 0 Å². The quantitative estimate of drug-likeness (QED) is 0.801. The van der Waals surface area contributed by atoms with Gasteiger partial charge in [0.2, 0.25) is 0 Å². The third-order valence-corrected chi connectivity index (χ3v) is 3.62. The van der Waals surface area contributed by atoms with Gasteiger partial charge in [0.15, 0.2) is 0 Å². The predicted octanol–water partition coefficient (Wildman–Crippen LogP) is 3.71. The van der Waals surface area contributed by atoms with Crippen LogP contribution in [-0.4, -0.2) is 9.78 Å². The highest BCUT2D eigenvalue weighted by atomic mass is 35.5. The van der Waals surface area contributed by atoms with Gasteiger partial charge in [0.05, 0.1) is 17.4 Å². The second-order valence-corrected chi connectivity index (χ2v) is 5.05. The summed E-state index contributed by atoms with van der Waals surface area (Å²) in [6.45, 7) is 0. The second kappa shape index (κ2) is 5.68. The fourth-order valence-electron chi connectivity index (χ4n) is 2.25. The van der Waals surface area contributed by atoms with Gasteiger partial charge in [-0.15, -0.1) is 0 Å². The Balaban J connectivity index is 2.03. The molecule has 3 rings (SSSR count). The molecule has 3 nitrogen and oxygen atoms in total. The van der Waals surface area contributed by atoms with Crippen molar-refractivity contribution in [3.63, 3.8) is 0 Å². The van der Waals surface area contributed by atoms with Crippen LogP contribution in [0, 0.1) is 5.82 Å². The topological polar surface area (TPSA) is 43.8 Å².